The predicted molar refractivity (Wildman–Crippen MR) is 60.2 cm³/mol. The van der Waals surface area contributed by atoms with Crippen LogP contribution in [0.5, 0.6) is 0 Å². The van der Waals surface area contributed by atoms with E-state index in [1.807, 2.05) is 32.1 Å². The second-order valence-electron chi connectivity index (χ2n) is 3.81. The van der Waals surface area contributed by atoms with Gasteiger partial charge >= 0.3 is 0 Å². The van der Waals surface area contributed by atoms with Crippen molar-refractivity contribution in [3.63, 3.8) is 0 Å². The molecule has 0 N–H and O–H groups in total. The lowest BCUT2D eigenvalue weighted by Crippen LogP contribution is -2.34. The van der Waals surface area contributed by atoms with Crippen molar-refractivity contribution in [2.75, 3.05) is 20.1 Å². The third-order valence-corrected chi connectivity index (χ3v) is 2.58. The molecule has 1 rings (SSSR count). The summed E-state index contributed by atoms with van der Waals surface area (Å²) in [6.45, 7) is 6.33. The average molecular weight is 195 g/mol. The van der Waals surface area contributed by atoms with Crippen molar-refractivity contribution in [3.05, 3.63) is 24.0 Å². The molecule has 0 unspecified atom stereocenters. The summed E-state index contributed by atoms with van der Waals surface area (Å²) in [6, 6.07) is 0. The van der Waals surface area contributed by atoms with Crippen molar-refractivity contribution in [3.8, 4) is 0 Å². The smallest absolute Gasteiger partial charge is 0.115 e. The third kappa shape index (κ3) is 3.54. The van der Waals surface area contributed by atoms with E-state index in [1.165, 1.54) is 0 Å². The summed E-state index contributed by atoms with van der Waals surface area (Å²) in [6.07, 6.45) is 8.77. The van der Waals surface area contributed by atoms with E-state index in [9.17, 15) is 0 Å². The van der Waals surface area contributed by atoms with E-state index in [0.717, 1.165) is 31.7 Å². The zero-order valence-corrected chi connectivity index (χ0v) is 9.49. The molecule has 80 valence electrons. The molecule has 1 fully saturated rings. The first-order valence-electron chi connectivity index (χ1n) is 5.40. The Balaban J connectivity index is 2.36. The highest BCUT2D eigenvalue weighted by molar-refractivity contribution is 5.10. The quantitative estimate of drug-likeness (QED) is 0.507. The molecule has 0 aromatic carbocycles. The Morgan fingerprint density at radius 2 is 1.93 bits per heavy atom. The van der Waals surface area contributed by atoms with E-state index < -0.39 is 0 Å². The van der Waals surface area contributed by atoms with Crippen molar-refractivity contribution in [1.29, 1.82) is 0 Å². The maximum atomic E-state index is 5.88. The van der Waals surface area contributed by atoms with Gasteiger partial charge in [0.2, 0.25) is 0 Å². The number of allylic oxidation sites excluding steroid dienone is 3. The van der Waals surface area contributed by atoms with Crippen molar-refractivity contribution in [1.82, 2.24) is 4.90 Å². The number of piperidine rings is 1. The summed E-state index contributed by atoms with van der Waals surface area (Å²) in [5, 5.41) is 0. The van der Waals surface area contributed by atoms with E-state index in [0.29, 0.717) is 6.10 Å². The Labute approximate surface area is 87.2 Å². The molecule has 0 radical (unpaired) electrons. The molecule has 0 bridgehead atoms. The van der Waals surface area contributed by atoms with Crippen molar-refractivity contribution < 1.29 is 4.74 Å². The molecular weight excluding hydrogens is 174 g/mol. The summed E-state index contributed by atoms with van der Waals surface area (Å²) in [5.41, 5.74) is 0. The van der Waals surface area contributed by atoms with Gasteiger partial charge in [-0.1, -0.05) is 6.08 Å². The van der Waals surface area contributed by atoms with Crippen LogP contribution in [-0.2, 0) is 4.74 Å². The molecule has 0 spiro atoms. The van der Waals surface area contributed by atoms with E-state index in [2.05, 4.69) is 11.9 Å². The Kier molecular flexibility index (Phi) is 4.74. The minimum atomic E-state index is 0.411. The first-order valence-corrected chi connectivity index (χ1v) is 5.40. The van der Waals surface area contributed by atoms with Crippen LogP contribution in [0.4, 0.5) is 0 Å². The Bertz CT molecular complexity index is 212. The summed E-state index contributed by atoms with van der Waals surface area (Å²) in [5.74, 6) is 1.00. The number of hydrogen-bond acceptors (Lipinski definition) is 2. The predicted octanol–water partition coefficient (Wildman–Crippen LogP) is 2.58. The van der Waals surface area contributed by atoms with Gasteiger partial charge in [0, 0.05) is 13.1 Å². The Morgan fingerprint density at radius 3 is 2.43 bits per heavy atom. The van der Waals surface area contributed by atoms with Gasteiger partial charge in [0.05, 0.1) is 0 Å². The van der Waals surface area contributed by atoms with Crippen LogP contribution >= 0.6 is 0 Å². The van der Waals surface area contributed by atoms with Crippen LogP contribution in [0.1, 0.15) is 26.7 Å². The molecular formula is C12H21NO. The molecule has 14 heavy (non-hydrogen) atoms. The normalized spacial score (nSPS) is 21.8. The van der Waals surface area contributed by atoms with Gasteiger partial charge in [0.15, 0.2) is 0 Å². The lowest BCUT2D eigenvalue weighted by molar-refractivity contribution is 0.0639. The number of hydrogen-bond donors (Lipinski definition) is 0. The Hall–Kier alpha value is -0.760. The molecule has 0 aromatic rings. The fourth-order valence-corrected chi connectivity index (χ4v) is 1.66. The second kappa shape index (κ2) is 5.86. The fraction of sp³-hybridized carbons (Fsp3) is 0.667. The van der Waals surface area contributed by atoms with Crippen molar-refractivity contribution >= 4 is 0 Å². The molecule has 1 aliphatic rings. The molecule has 0 atom stereocenters. The van der Waals surface area contributed by atoms with E-state index in [4.69, 9.17) is 4.74 Å². The zero-order chi connectivity index (χ0) is 10.4. The molecule has 2 heteroatoms. The molecule has 1 saturated heterocycles. The van der Waals surface area contributed by atoms with Gasteiger partial charge < -0.3 is 9.64 Å². The van der Waals surface area contributed by atoms with Crippen LogP contribution in [0.15, 0.2) is 24.0 Å². The van der Waals surface area contributed by atoms with E-state index in [-0.39, 0.29) is 0 Å². The van der Waals surface area contributed by atoms with Gasteiger partial charge in [-0.25, -0.2) is 0 Å². The van der Waals surface area contributed by atoms with Crippen LogP contribution in [0.2, 0.25) is 0 Å². The number of likely N-dealkylation sites (tertiary alicyclic amines) is 1. The zero-order valence-electron chi connectivity index (χ0n) is 9.49. The third-order valence-electron chi connectivity index (χ3n) is 2.58. The maximum absolute atomic E-state index is 5.88. The highest BCUT2D eigenvalue weighted by atomic mass is 16.5. The van der Waals surface area contributed by atoms with Crippen LogP contribution in [-0.4, -0.2) is 31.1 Å². The minimum absolute atomic E-state index is 0.411. The minimum Gasteiger partial charge on any atom is -0.491 e. The lowest BCUT2D eigenvalue weighted by atomic mass is 10.1. The van der Waals surface area contributed by atoms with Gasteiger partial charge in [-0.15, -0.1) is 0 Å². The van der Waals surface area contributed by atoms with Gasteiger partial charge in [0.25, 0.3) is 0 Å². The Morgan fingerprint density at radius 1 is 1.29 bits per heavy atom. The van der Waals surface area contributed by atoms with Crippen LogP contribution < -0.4 is 0 Å². The number of nitrogens with zero attached hydrogens (tertiary/aromatic N) is 1. The molecule has 0 amide bonds. The first-order chi connectivity index (χ1) is 6.76. The fourth-order valence-electron chi connectivity index (χ4n) is 1.66. The van der Waals surface area contributed by atoms with Crippen LogP contribution in [0.3, 0.4) is 0 Å². The molecule has 0 saturated carbocycles. The van der Waals surface area contributed by atoms with Crippen LogP contribution in [0, 0.1) is 0 Å². The summed E-state index contributed by atoms with van der Waals surface area (Å²) < 4.78 is 5.88. The van der Waals surface area contributed by atoms with E-state index >= 15 is 0 Å². The van der Waals surface area contributed by atoms with Crippen molar-refractivity contribution in [2.45, 2.75) is 32.8 Å². The largest absolute Gasteiger partial charge is 0.491 e. The standard InChI is InChI=1S/C12H21NO/c1-4-6-11(5-2)14-12-7-9-13(3)10-8-12/h4-6,12H,7-10H2,1-3H3/b6-4-,11-5+. The average Bonchev–Trinajstić information content (AvgIpc) is 2.20. The number of ether oxygens (including phenoxy) is 1. The monoisotopic (exact) mass is 195 g/mol. The summed E-state index contributed by atoms with van der Waals surface area (Å²) >= 11 is 0. The van der Waals surface area contributed by atoms with Gasteiger partial charge in [0.1, 0.15) is 11.9 Å². The SMILES string of the molecule is C/C=C\C(=C/C)OC1CCN(C)CC1. The van der Waals surface area contributed by atoms with Crippen LogP contribution in [0.25, 0.3) is 0 Å². The highest BCUT2D eigenvalue weighted by Crippen LogP contribution is 2.16. The maximum Gasteiger partial charge on any atom is 0.115 e. The van der Waals surface area contributed by atoms with Gasteiger partial charge in [-0.05, 0) is 45.9 Å². The topological polar surface area (TPSA) is 12.5 Å². The van der Waals surface area contributed by atoms with Gasteiger partial charge in [-0.3, -0.25) is 0 Å². The second-order valence-corrected chi connectivity index (χ2v) is 3.81. The van der Waals surface area contributed by atoms with E-state index in [1.54, 1.807) is 0 Å². The number of rotatable bonds is 3. The molecule has 0 aromatic heterocycles. The molecule has 2 nitrogen and oxygen atoms in total. The summed E-state index contributed by atoms with van der Waals surface area (Å²) in [4.78, 5) is 2.35. The molecule has 1 heterocycles. The first kappa shape index (κ1) is 11.3. The summed E-state index contributed by atoms with van der Waals surface area (Å²) in [7, 11) is 2.17. The highest BCUT2D eigenvalue weighted by Gasteiger charge is 2.17. The van der Waals surface area contributed by atoms with Crippen molar-refractivity contribution in [2.24, 2.45) is 0 Å². The van der Waals surface area contributed by atoms with Gasteiger partial charge in [-0.2, -0.15) is 0 Å². The lowest BCUT2D eigenvalue weighted by Gasteiger charge is -2.29. The molecule has 0 aliphatic carbocycles. The molecule has 1 aliphatic heterocycles.